The summed E-state index contributed by atoms with van der Waals surface area (Å²) in [5.41, 5.74) is 1.80. The molecular formula is C24H34F3N3O6S. The van der Waals surface area contributed by atoms with Gasteiger partial charge in [-0.1, -0.05) is 0 Å². The maximum absolute atomic E-state index is 13.2. The third kappa shape index (κ3) is 6.11. The molecule has 1 aromatic heterocycles. The number of aromatic nitrogens is 1. The fourth-order valence-electron chi connectivity index (χ4n) is 5.88. The zero-order valence-corrected chi connectivity index (χ0v) is 21.9. The monoisotopic (exact) mass is 549 g/mol. The SMILES string of the molecule is Cc1cc(C)c(S(=O)(=O)N2CCC3(CC2)CC(N2CCC4(CCOC4)C2)CO3)cn1.O=C(O)C(F)(F)F. The summed E-state index contributed by atoms with van der Waals surface area (Å²) in [5, 5.41) is 7.12. The van der Waals surface area contributed by atoms with Gasteiger partial charge in [0.1, 0.15) is 4.90 Å². The van der Waals surface area contributed by atoms with E-state index in [0.717, 1.165) is 63.4 Å². The fourth-order valence-corrected chi connectivity index (χ4v) is 7.48. The molecule has 0 aromatic carbocycles. The van der Waals surface area contributed by atoms with Crippen LogP contribution in [0.25, 0.3) is 0 Å². The first-order valence-electron chi connectivity index (χ1n) is 12.4. The maximum Gasteiger partial charge on any atom is 0.490 e. The molecule has 4 aliphatic rings. The normalized spacial score (nSPS) is 28.5. The van der Waals surface area contributed by atoms with Crippen LogP contribution in [0.15, 0.2) is 17.2 Å². The van der Waals surface area contributed by atoms with Gasteiger partial charge in [0, 0.05) is 49.6 Å². The maximum atomic E-state index is 13.2. The van der Waals surface area contributed by atoms with Crippen LogP contribution in [0.4, 0.5) is 13.2 Å². The Kier molecular flexibility index (Phi) is 7.93. The van der Waals surface area contributed by atoms with Crippen LogP contribution in [0.5, 0.6) is 0 Å². The van der Waals surface area contributed by atoms with Crippen molar-refractivity contribution in [1.29, 1.82) is 0 Å². The summed E-state index contributed by atoms with van der Waals surface area (Å²) < 4.78 is 71.7. The van der Waals surface area contributed by atoms with Gasteiger partial charge in [0.25, 0.3) is 0 Å². The number of likely N-dealkylation sites (tertiary alicyclic amines) is 1. The second-order valence-electron chi connectivity index (χ2n) is 10.7. The Labute approximate surface area is 215 Å². The molecule has 0 saturated carbocycles. The zero-order chi connectivity index (χ0) is 27.1. The molecule has 4 fully saturated rings. The van der Waals surface area contributed by atoms with Gasteiger partial charge < -0.3 is 14.6 Å². The van der Waals surface area contributed by atoms with Crippen LogP contribution >= 0.6 is 0 Å². The van der Waals surface area contributed by atoms with Gasteiger partial charge >= 0.3 is 12.1 Å². The number of alkyl halides is 3. The number of aliphatic carboxylic acids is 1. The first kappa shape index (κ1) is 28.2. The van der Waals surface area contributed by atoms with E-state index in [4.69, 9.17) is 19.4 Å². The van der Waals surface area contributed by atoms with Crippen molar-refractivity contribution in [3.63, 3.8) is 0 Å². The number of hydrogen-bond donors (Lipinski definition) is 1. The van der Waals surface area contributed by atoms with E-state index in [1.807, 2.05) is 19.9 Å². The molecule has 2 atom stereocenters. The lowest BCUT2D eigenvalue weighted by Crippen LogP contribution is -2.47. The van der Waals surface area contributed by atoms with E-state index in [1.165, 1.54) is 19.0 Å². The highest BCUT2D eigenvalue weighted by molar-refractivity contribution is 7.89. The number of rotatable bonds is 3. The van der Waals surface area contributed by atoms with E-state index >= 15 is 0 Å². The van der Waals surface area contributed by atoms with Crippen LogP contribution < -0.4 is 0 Å². The molecule has 0 radical (unpaired) electrons. The number of sulfonamides is 1. The molecule has 208 valence electrons. The van der Waals surface area contributed by atoms with Gasteiger partial charge in [0.2, 0.25) is 10.0 Å². The molecular weight excluding hydrogens is 515 g/mol. The number of carboxylic acid groups (broad SMARTS) is 1. The lowest BCUT2D eigenvalue weighted by molar-refractivity contribution is -0.192. The Hall–Kier alpha value is -1.80. The van der Waals surface area contributed by atoms with E-state index in [9.17, 15) is 21.6 Å². The second kappa shape index (κ2) is 10.4. The van der Waals surface area contributed by atoms with Gasteiger partial charge in [-0.15, -0.1) is 0 Å². The second-order valence-corrected chi connectivity index (χ2v) is 12.6. The minimum atomic E-state index is -5.08. The van der Waals surface area contributed by atoms with Crippen LogP contribution in [0.3, 0.4) is 0 Å². The zero-order valence-electron chi connectivity index (χ0n) is 21.1. The van der Waals surface area contributed by atoms with Crippen molar-refractivity contribution in [1.82, 2.24) is 14.2 Å². The summed E-state index contributed by atoms with van der Waals surface area (Å²) in [4.78, 5) is 16.0. The molecule has 5 rings (SSSR count). The molecule has 13 heteroatoms. The number of carbonyl (C=O) groups is 1. The molecule has 37 heavy (non-hydrogen) atoms. The Bertz CT molecular complexity index is 1100. The van der Waals surface area contributed by atoms with Crippen LogP contribution in [-0.2, 0) is 24.3 Å². The quantitative estimate of drug-likeness (QED) is 0.613. The van der Waals surface area contributed by atoms with Crippen LogP contribution in [0, 0.1) is 19.3 Å². The van der Waals surface area contributed by atoms with Crippen molar-refractivity contribution in [2.24, 2.45) is 5.41 Å². The fraction of sp³-hybridized carbons (Fsp3) is 0.750. The number of hydrogen-bond acceptors (Lipinski definition) is 7. The van der Waals surface area contributed by atoms with Crippen molar-refractivity contribution in [2.45, 2.75) is 68.7 Å². The topological polar surface area (TPSA) is 109 Å². The smallest absolute Gasteiger partial charge is 0.475 e. The number of aryl methyl sites for hydroxylation is 2. The van der Waals surface area contributed by atoms with E-state index in [0.29, 0.717) is 29.4 Å². The van der Waals surface area contributed by atoms with E-state index in [-0.39, 0.29) is 5.60 Å². The summed E-state index contributed by atoms with van der Waals surface area (Å²) >= 11 is 0. The number of piperidine rings is 1. The Morgan fingerprint density at radius 1 is 1.16 bits per heavy atom. The number of ether oxygens (including phenoxy) is 2. The van der Waals surface area contributed by atoms with Gasteiger partial charge in [-0.3, -0.25) is 9.88 Å². The summed E-state index contributed by atoms with van der Waals surface area (Å²) in [6, 6.07) is 2.29. The van der Waals surface area contributed by atoms with Crippen molar-refractivity contribution < 1.29 is 41.0 Å². The lowest BCUT2D eigenvalue weighted by Gasteiger charge is -2.38. The van der Waals surface area contributed by atoms with Gasteiger partial charge in [-0.2, -0.15) is 17.5 Å². The van der Waals surface area contributed by atoms with Crippen molar-refractivity contribution in [3.8, 4) is 0 Å². The average molecular weight is 550 g/mol. The van der Waals surface area contributed by atoms with E-state index < -0.39 is 22.2 Å². The number of halogens is 3. The number of nitrogens with zero attached hydrogens (tertiary/aromatic N) is 3. The summed E-state index contributed by atoms with van der Waals surface area (Å²) in [6.07, 6.45) is 1.38. The molecule has 9 nitrogen and oxygen atoms in total. The minimum Gasteiger partial charge on any atom is -0.475 e. The molecule has 1 N–H and O–H groups in total. The third-order valence-electron chi connectivity index (χ3n) is 8.05. The molecule has 4 saturated heterocycles. The highest BCUT2D eigenvalue weighted by Crippen LogP contribution is 2.44. The lowest BCUT2D eigenvalue weighted by atomic mass is 9.86. The van der Waals surface area contributed by atoms with Crippen molar-refractivity contribution in [3.05, 3.63) is 23.5 Å². The van der Waals surface area contributed by atoms with Gasteiger partial charge in [0.15, 0.2) is 0 Å². The van der Waals surface area contributed by atoms with Crippen molar-refractivity contribution >= 4 is 16.0 Å². The Balaban J connectivity index is 0.000000405. The first-order valence-corrected chi connectivity index (χ1v) is 13.9. The largest absolute Gasteiger partial charge is 0.490 e. The highest BCUT2D eigenvalue weighted by Gasteiger charge is 2.50. The molecule has 2 unspecified atom stereocenters. The van der Waals surface area contributed by atoms with Crippen LogP contribution in [0.1, 0.15) is 43.4 Å². The molecule has 0 bridgehead atoms. The molecule has 4 aliphatic heterocycles. The predicted octanol–water partition coefficient (Wildman–Crippen LogP) is 2.76. The molecule has 0 aliphatic carbocycles. The molecule has 2 spiro atoms. The average Bonchev–Trinajstić information content (AvgIpc) is 3.55. The predicted molar refractivity (Wildman–Crippen MR) is 127 cm³/mol. The van der Waals surface area contributed by atoms with Gasteiger partial charge in [-0.25, -0.2) is 13.2 Å². The van der Waals surface area contributed by atoms with Gasteiger partial charge in [-0.05, 0) is 64.1 Å². The Morgan fingerprint density at radius 2 is 1.84 bits per heavy atom. The minimum absolute atomic E-state index is 0.167. The Morgan fingerprint density at radius 3 is 2.41 bits per heavy atom. The molecule has 1 aromatic rings. The van der Waals surface area contributed by atoms with Crippen LogP contribution in [0.2, 0.25) is 0 Å². The standard InChI is InChI=1S/C22H33N3O4S.C2HF3O2/c1-17-11-18(2)23-13-20(17)30(26,27)25-8-4-22(5-9-25)12-19(14-29-22)24-7-3-21(15-24)6-10-28-16-21;3-2(4,5)1(6)7/h11,13,19H,3-10,12,14-16H2,1-2H3;(H,6,7). The summed E-state index contributed by atoms with van der Waals surface area (Å²) in [7, 11) is -3.51. The van der Waals surface area contributed by atoms with Crippen LogP contribution in [-0.4, -0.2) is 97.5 Å². The number of carboxylic acids is 1. The highest BCUT2D eigenvalue weighted by atomic mass is 32.2. The molecule has 5 heterocycles. The molecule has 0 amide bonds. The third-order valence-corrected chi connectivity index (χ3v) is 10.1. The number of pyridine rings is 1. The summed E-state index contributed by atoms with van der Waals surface area (Å²) in [6.45, 7) is 9.58. The van der Waals surface area contributed by atoms with E-state index in [1.54, 1.807) is 4.31 Å². The van der Waals surface area contributed by atoms with Gasteiger partial charge in [0.05, 0.1) is 18.8 Å². The first-order chi connectivity index (χ1) is 17.3. The van der Waals surface area contributed by atoms with Crippen molar-refractivity contribution in [2.75, 3.05) is 46.0 Å². The van der Waals surface area contributed by atoms with E-state index in [2.05, 4.69) is 9.88 Å². The summed E-state index contributed by atoms with van der Waals surface area (Å²) in [5.74, 6) is -2.76.